The van der Waals surface area contributed by atoms with Gasteiger partial charge in [0.15, 0.2) is 0 Å². The molecule has 0 saturated carbocycles. The van der Waals surface area contributed by atoms with Crippen molar-refractivity contribution in [3.63, 3.8) is 0 Å². The van der Waals surface area contributed by atoms with Gasteiger partial charge in [-0.3, -0.25) is 4.79 Å². The Hall–Kier alpha value is -0.420. The minimum Gasteiger partial charge on any atom is -0.324 e. The van der Waals surface area contributed by atoms with E-state index in [4.69, 9.17) is 17.3 Å². The molecule has 0 aliphatic rings. The molecule has 0 aliphatic heterocycles. The van der Waals surface area contributed by atoms with Crippen LogP contribution in [0.25, 0.3) is 0 Å². The van der Waals surface area contributed by atoms with Crippen molar-refractivity contribution < 1.29 is 4.79 Å². The van der Waals surface area contributed by atoms with Gasteiger partial charge in [0, 0.05) is 10.7 Å². The second-order valence-electron chi connectivity index (χ2n) is 3.84. The van der Waals surface area contributed by atoms with E-state index in [0.29, 0.717) is 11.4 Å². The lowest BCUT2D eigenvalue weighted by Crippen LogP contribution is -2.36. The number of hydrogen-bond acceptors (Lipinski definition) is 3. The first-order chi connectivity index (χ1) is 8.04. The van der Waals surface area contributed by atoms with Crippen LogP contribution in [0.4, 0.5) is 5.69 Å². The van der Waals surface area contributed by atoms with Gasteiger partial charge in [-0.2, -0.15) is 11.8 Å². The molecule has 1 amide bonds. The maximum Gasteiger partial charge on any atom is 0.241 e. The minimum atomic E-state index is -0.471. The number of nitrogens with one attached hydrogen (secondary N) is 1. The van der Waals surface area contributed by atoms with E-state index in [0.717, 1.165) is 17.0 Å². The second-order valence-corrected chi connectivity index (χ2v) is 5.26. The quantitative estimate of drug-likeness (QED) is 0.879. The molecule has 0 spiro atoms. The zero-order chi connectivity index (χ0) is 12.8. The van der Waals surface area contributed by atoms with Gasteiger partial charge < -0.3 is 11.1 Å². The lowest BCUT2D eigenvalue weighted by Gasteiger charge is -2.13. The summed E-state index contributed by atoms with van der Waals surface area (Å²) in [6.45, 7) is 1.92. The van der Waals surface area contributed by atoms with Gasteiger partial charge in [0.1, 0.15) is 0 Å². The third kappa shape index (κ3) is 5.48. The molecular formula is C12H18Cl2N2OS. The Morgan fingerprint density at radius 3 is 2.83 bits per heavy atom. The van der Waals surface area contributed by atoms with Gasteiger partial charge in [0.25, 0.3) is 0 Å². The Balaban J connectivity index is 0.00000289. The van der Waals surface area contributed by atoms with E-state index in [2.05, 4.69) is 5.32 Å². The molecule has 102 valence electrons. The standard InChI is InChI=1S/C12H17ClN2OS.ClH/c1-8-3-4-9(13)7-11(8)15-12(16)10(14)5-6-17-2;/h3-4,7,10H,5-6,14H2,1-2H3,(H,15,16);1H/t10-;/m0./s1. The van der Waals surface area contributed by atoms with Gasteiger partial charge in [0.2, 0.25) is 5.91 Å². The minimum absolute atomic E-state index is 0. The van der Waals surface area contributed by atoms with Crippen LogP contribution in [0.3, 0.4) is 0 Å². The predicted octanol–water partition coefficient (Wildman–Crippen LogP) is 3.09. The molecule has 0 bridgehead atoms. The highest BCUT2D eigenvalue weighted by Gasteiger charge is 2.13. The molecule has 0 saturated heterocycles. The number of hydrogen-bond donors (Lipinski definition) is 2. The van der Waals surface area contributed by atoms with E-state index < -0.39 is 6.04 Å². The molecule has 1 aromatic rings. The van der Waals surface area contributed by atoms with Crippen molar-refractivity contribution in [1.29, 1.82) is 0 Å². The van der Waals surface area contributed by atoms with E-state index >= 15 is 0 Å². The fourth-order valence-electron chi connectivity index (χ4n) is 1.33. The average molecular weight is 309 g/mol. The molecule has 1 atom stereocenters. The van der Waals surface area contributed by atoms with Crippen LogP contribution in [0.1, 0.15) is 12.0 Å². The van der Waals surface area contributed by atoms with Crippen molar-refractivity contribution in [3.05, 3.63) is 28.8 Å². The number of amides is 1. The fourth-order valence-corrected chi connectivity index (χ4v) is 1.99. The highest BCUT2D eigenvalue weighted by molar-refractivity contribution is 7.98. The number of anilines is 1. The zero-order valence-corrected chi connectivity index (χ0v) is 12.8. The summed E-state index contributed by atoms with van der Waals surface area (Å²) in [6, 6.07) is 4.92. The molecule has 0 unspecified atom stereocenters. The van der Waals surface area contributed by atoms with Gasteiger partial charge in [-0.1, -0.05) is 17.7 Å². The summed E-state index contributed by atoms with van der Waals surface area (Å²) < 4.78 is 0. The number of thioether (sulfide) groups is 1. The molecule has 0 fully saturated rings. The number of halogens is 2. The maximum absolute atomic E-state index is 11.8. The first kappa shape index (κ1) is 17.6. The lowest BCUT2D eigenvalue weighted by molar-refractivity contribution is -0.117. The summed E-state index contributed by atoms with van der Waals surface area (Å²) in [4.78, 5) is 11.8. The van der Waals surface area contributed by atoms with Gasteiger partial charge in [-0.05, 0) is 43.0 Å². The van der Waals surface area contributed by atoms with Crippen molar-refractivity contribution in [2.24, 2.45) is 5.73 Å². The molecule has 1 rings (SSSR count). The number of carbonyl (C=O) groups is 1. The van der Waals surface area contributed by atoms with E-state index in [1.54, 1.807) is 23.9 Å². The summed E-state index contributed by atoms with van der Waals surface area (Å²) >= 11 is 7.56. The molecule has 3 nitrogen and oxygen atoms in total. The Kier molecular flexibility index (Phi) is 8.44. The van der Waals surface area contributed by atoms with Crippen LogP contribution in [-0.4, -0.2) is 24.0 Å². The summed E-state index contributed by atoms with van der Waals surface area (Å²) in [7, 11) is 0. The van der Waals surface area contributed by atoms with Crippen LogP contribution in [0.15, 0.2) is 18.2 Å². The Bertz CT molecular complexity index is 402. The molecule has 0 aromatic heterocycles. The SMILES string of the molecule is CSCC[C@H](N)C(=O)Nc1cc(Cl)ccc1C.Cl. The van der Waals surface area contributed by atoms with Gasteiger partial charge in [0.05, 0.1) is 6.04 Å². The molecule has 0 heterocycles. The summed E-state index contributed by atoms with van der Waals surface area (Å²) in [5.41, 5.74) is 7.48. The predicted molar refractivity (Wildman–Crippen MR) is 83.0 cm³/mol. The first-order valence-electron chi connectivity index (χ1n) is 5.36. The van der Waals surface area contributed by atoms with Crippen LogP contribution in [0, 0.1) is 6.92 Å². The van der Waals surface area contributed by atoms with Crippen LogP contribution < -0.4 is 11.1 Å². The smallest absolute Gasteiger partial charge is 0.241 e. The molecule has 1 aromatic carbocycles. The number of carbonyl (C=O) groups excluding carboxylic acids is 1. The van der Waals surface area contributed by atoms with Crippen LogP contribution in [0.2, 0.25) is 5.02 Å². The molecule has 0 radical (unpaired) electrons. The van der Waals surface area contributed by atoms with Crippen molar-refractivity contribution in [3.8, 4) is 0 Å². The van der Waals surface area contributed by atoms with Gasteiger partial charge in [-0.25, -0.2) is 0 Å². The third-order valence-electron chi connectivity index (χ3n) is 2.43. The molecule has 6 heteroatoms. The van der Waals surface area contributed by atoms with Crippen molar-refractivity contribution in [2.75, 3.05) is 17.3 Å². The maximum atomic E-state index is 11.8. The number of rotatable bonds is 5. The van der Waals surface area contributed by atoms with Crippen LogP contribution >= 0.6 is 35.8 Å². The molecule has 18 heavy (non-hydrogen) atoms. The highest BCUT2D eigenvalue weighted by atomic mass is 35.5. The zero-order valence-electron chi connectivity index (χ0n) is 10.4. The van der Waals surface area contributed by atoms with Crippen molar-refractivity contribution in [1.82, 2.24) is 0 Å². The average Bonchev–Trinajstić information content (AvgIpc) is 2.30. The molecule has 0 aliphatic carbocycles. The first-order valence-corrected chi connectivity index (χ1v) is 7.13. The fraction of sp³-hybridized carbons (Fsp3) is 0.417. The van der Waals surface area contributed by atoms with E-state index in [1.165, 1.54) is 0 Å². The van der Waals surface area contributed by atoms with E-state index in [1.807, 2.05) is 19.2 Å². The van der Waals surface area contributed by atoms with Gasteiger partial charge >= 0.3 is 0 Å². The number of aryl methyl sites for hydroxylation is 1. The normalized spacial score (nSPS) is 11.6. The van der Waals surface area contributed by atoms with Crippen LogP contribution in [0.5, 0.6) is 0 Å². The lowest BCUT2D eigenvalue weighted by atomic mass is 10.1. The molecule has 3 N–H and O–H groups in total. The van der Waals surface area contributed by atoms with Crippen molar-refractivity contribution >= 4 is 47.4 Å². The topological polar surface area (TPSA) is 55.1 Å². The monoisotopic (exact) mass is 308 g/mol. The number of nitrogens with two attached hydrogens (primary N) is 1. The second kappa shape index (κ2) is 8.64. The van der Waals surface area contributed by atoms with E-state index in [-0.39, 0.29) is 18.3 Å². The van der Waals surface area contributed by atoms with Crippen LogP contribution in [-0.2, 0) is 4.79 Å². The largest absolute Gasteiger partial charge is 0.324 e. The van der Waals surface area contributed by atoms with Crippen molar-refractivity contribution in [2.45, 2.75) is 19.4 Å². The summed E-state index contributed by atoms with van der Waals surface area (Å²) in [6.07, 6.45) is 2.67. The molecular weight excluding hydrogens is 291 g/mol. The summed E-state index contributed by atoms with van der Waals surface area (Å²) in [5, 5.41) is 3.40. The Labute approximate surface area is 123 Å². The van der Waals surface area contributed by atoms with Gasteiger partial charge in [-0.15, -0.1) is 12.4 Å². The van der Waals surface area contributed by atoms with E-state index in [9.17, 15) is 4.79 Å². The third-order valence-corrected chi connectivity index (χ3v) is 3.31. The Morgan fingerprint density at radius 2 is 2.22 bits per heavy atom. The highest BCUT2D eigenvalue weighted by Crippen LogP contribution is 2.20. The number of benzene rings is 1. The summed E-state index contributed by atoms with van der Waals surface area (Å²) in [5.74, 6) is 0.716. The Morgan fingerprint density at radius 1 is 1.56 bits per heavy atom.